The van der Waals surface area contributed by atoms with Crippen molar-refractivity contribution in [1.29, 1.82) is 0 Å². The van der Waals surface area contributed by atoms with E-state index in [1.807, 2.05) is 7.05 Å². The number of hydrogen-bond acceptors (Lipinski definition) is 3. The Labute approximate surface area is 86.8 Å². The predicted molar refractivity (Wildman–Crippen MR) is 59.0 cm³/mol. The van der Waals surface area contributed by atoms with Crippen molar-refractivity contribution >= 4 is 5.91 Å². The lowest BCUT2D eigenvalue weighted by atomic mass is 10.2. The molecule has 0 saturated carbocycles. The van der Waals surface area contributed by atoms with Gasteiger partial charge in [0, 0.05) is 6.54 Å². The Morgan fingerprint density at radius 1 is 1.50 bits per heavy atom. The molecule has 84 valence electrons. The van der Waals surface area contributed by atoms with Gasteiger partial charge in [-0.3, -0.25) is 9.69 Å². The van der Waals surface area contributed by atoms with Gasteiger partial charge in [0.15, 0.2) is 0 Å². The van der Waals surface area contributed by atoms with Crippen molar-refractivity contribution in [3.63, 3.8) is 0 Å². The third-order valence-electron chi connectivity index (χ3n) is 1.90. The number of amides is 1. The van der Waals surface area contributed by atoms with E-state index in [2.05, 4.69) is 24.1 Å². The number of nitrogens with two attached hydrogens (primary N) is 1. The van der Waals surface area contributed by atoms with Gasteiger partial charge in [0.25, 0.3) is 0 Å². The van der Waals surface area contributed by atoms with Crippen LogP contribution in [0.3, 0.4) is 0 Å². The van der Waals surface area contributed by atoms with Crippen molar-refractivity contribution in [2.45, 2.75) is 20.3 Å². The van der Waals surface area contributed by atoms with Crippen LogP contribution in [0.2, 0.25) is 0 Å². The summed E-state index contributed by atoms with van der Waals surface area (Å²) in [4.78, 5) is 12.9. The van der Waals surface area contributed by atoms with Gasteiger partial charge in [-0.15, -0.1) is 0 Å². The third-order valence-corrected chi connectivity index (χ3v) is 1.90. The Balaban J connectivity index is 3.78. The maximum absolute atomic E-state index is 10.8. The van der Waals surface area contributed by atoms with Crippen molar-refractivity contribution in [3.8, 4) is 0 Å². The zero-order valence-electron chi connectivity index (χ0n) is 9.55. The molecule has 4 heteroatoms. The Kier molecular flexibility index (Phi) is 7.42. The van der Waals surface area contributed by atoms with Crippen molar-refractivity contribution in [1.82, 2.24) is 10.2 Å². The average molecular weight is 201 g/mol. The van der Waals surface area contributed by atoms with Gasteiger partial charge in [-0.1, -0.05) is 13.8 Å². The van der Waals surface area contributed by atoms with Crippen LogP contribution in [0.25, 0.3) is 0 Å². The first-order valence-electron chi connectivity index (χ1n) is 5.21. The summed E-state index contributed by atoms with van der Waals surface area (Å²) >= 11 is 0. The van der Waals surface area contributed by atoms with Crippen LogP contribution in [-0.2, 0) is 4.79 Å². The van der Waals surface area contributed by atoms with Gasteiger partial charge in [0.1, 0.15) is 0 Å². The van der Waals surface area contributed by atoms with Crippen LogP contribution in [0.1, 0.15) is 20.3 Å². The highest BCUT2D eigenvalue weighted by Crippen LogP contribution is 1.99. The van der Waals surface area contributed by atoms with Crippen LogP contribution < -0.4 is 11.1 Å². The smallest absolute Gasteiger partial charge is 0.231 e. The average Bonchev–Trinajstić information content (AvgIpc) is 2.02. The molecule has 3 N–H and O–H groups in total. The molecule has 0 aromatic carbocycles. The summed E-state index contributed by atoms with van der Waals surface area (Å²) in [5.74, 6) is 0.332. The van der Waals surface area contributed by atoms with Crippen LogP contribution in [0.15, 0.2) is 0 Å². The fourth-order valence-corrected chi connectivity index (χ4v) is 1.45. The molecule has 0 fully saturated rings. The molecule has 0 aromatic heterocycles. The summed E-state index contributed by atoms with van der Waals surface area (Å²) in [7, 11) is 1.93. The largest absolute Gasteiger partial charge is 0.369 e. The Morgan fingerprint density at radius 2 is 2.14 bits per heavy atom. The Morgan fingerprint density at radius 3 is 2.57 bits per heavy atom. The van der Waals surface area contributed by atoms with Crippen molar-refractivity contribution in [3.05, 3.63) is 0 Å². The summed E-state index contributed by atoms with van der Waals surface area (Å²) in [5, 5.41) is 3.09. The van der Waals surface area contributed by atoms with Gasteiger partial charge in [0.05, 0.1) is 6.54 Å². The van der Waals surface area contributed by atoms with Gasteiger partial charge in [-0.05, 0) is 32.5 Å². The number of nitrogens with one attached hydrogen (secondary N) is 1. The van der Waals surface area contributed by atoms with Crippen molar-refractivity contribution < 1.29 is 4.79 Å². The van der Waals surface area contributed by atoms with E-state index >= 15 is 0 Å². The van der Waals surface area contributed by atoms with E-state index in [4.69, 9.17) is 5.73 Å². The van der Waals surface area contributed by atoms with E-state index in [-0.39, 0.29) is 5.91 Å². The summed E-state index contributed by atoms with van der Waals surface area (Å²) in [5.41, 5.74) is 5.18. The number of nitrogens with zero attached hydrogens (tertiary/aromatic N) is 1. The van der Waals surface area contributed by atoms with Gasteiger partial charge >= 0.3 is 0 Å². The van der Waals surface area contributed by atoms with Gasteiger partial charge in [-0.2, -0.15) is 0 Å². The molecule has 0 aliphatic carbocycles. The molecular formula is C10H23N3O. The molecule has 0 saturated heterocycles. The van der Waals surface area contributed by atoms with Crippen LogP contribution in [-0.4, -0.2) is 44.0 Å². The summed E-state index contributed by atoms with van der Waals surface area (Å²) < 4.78 is 0. The molecule has 0 radical (unpaired) electrons. The highest BCUT2D eigenvalue weighted by molar-refractivity contribution is 5.75. The van der Waals surface area contributed by atoms with Gasteiger partial charge in [-0.25, -0.2) is 0 Å². The molecule has 0 aromatic rings. The van der Waals surface area contributed by atoms with E-state index < -0.39 is 0 Å². The predicted octanol–water partition coefficient (Wildman–Crippen LogP) is 0.0392. The number of primary amides is 1. The Hall–Kier alpha value is -0.610. The van der Waals surface area contributed by atoms with Gasteiger partial charge < -0.3 is 11.1 Å². The first-order chi connectivity index (χ1) is 6.56. The van der Waals surface area contributed by atoms with E-state index in [1.165, 1.54) is 0 Å². The molecule has 0 atom stereocenters. The minimum atomic E-state index is -0.241. The molecular weight excluding hydrogens is 178 g/mol. The highest BCUT2D eigenvalue weighted by Gasteiger charge is 2.09. The summed E-state index contributed by atoms with van der Waals surface area (Å²) in [6.45, 7) is 7.52. The second-order valence-corrected chi connectivity index (χ2v) is 4.05. The van der Waals surface area contributed by atoms with Gasteiger partial charge in [0.2, 0.25) is 5.91 Å². The van der Waals surface area contributed by atoms with Crippen LogP contribution >= 0.6 is 0 Å². The molecule has 0 unspecified atom stereocenters. The number of rotatable bonds is 8. The van der Waals surface area contributed by atoms with Crippen LogP contribution in [0, 0.1) is 5.92 Å². The molecule has 0 rings (SSSR count). The van der Waals surface area contributed by atoms with E-state index in [9.17, 15) is 4.79 Å². The molecule has 0 spiro atoms. The van der Waals surface area contributed by atoms with E-state index in [1.54, 1.807) is 0 Å². The first-order valence-corrected chi connectivity index (χ1v) is 5.21. The Bertz CT molecular complexity index is 159. The summed E-state index contributed by atoms with van der Waals surface area (Å²) in [6, 6.07) is 0. The molecule has 0 aliphatic rings. The molecule has 0 aliphatic heterocycles. The lowest BCUT2D eigenvalue weighted by molar-refractivity contribution is -0.119. The monoisotopic (exact) mass is 201 g/mol. The van der Waals surface area contributed by atoms with E-state index in [0.717, 1.165) is 26.1 Å². The molecule has 0 heterocycles. The number of carbonyl (C=O) groups excluding carboxylic acids is 1. The highest BCUT2D eigenvalue weighted by atomic mass is 16.1. The normalized spacial score (nSPS) is 11.2. The second kappa shape index (κ2) is 7.76. The number of hydrogen-bond donors (Lipinski definition) is 2. The van der Waals surface area contributed by atoms with Crippen molar-refractivity contribution in [2.24, 2.45) is 11.7 Å². The standard InChI is InChI=1S/C10H23N3O/c1-9(2)7-13(8-10(11)14)6-4-5-12-3/h9,12H,4-8H2,1-3H3,(H2,11,14). The van der Waals surface area contributed by atoms with Crippen LogP contribution in [0.5, 0.6) is 0 Å². The van der Waals surface area contributed by atoms with Crippen molar-refractivity contribution in [2.75, 3.05) is 33.2 Å². The SMILES string of the molecule is CNCCCN(CC(N)=O)CC(C)C. The fourth-order valence-electron chi connectivity index (χ4n) is 1.45. The molecule has 1 amide bonds. The minimum Gasteiger partial charge on any atom is -0.369 e. The fraction of sp³-hybridized carbons (Fsp3) is 0.900. The summed E-state index contributed by atoms with van der Waals surface area (Å²) in [6.07, 6.45) is 1.05. The zero-order valence-corrected chi connectivity index (χ0v) is 9.55. The molecule has 14 heavy (non-hydrogen) atoms. The number of carbonyl (C=O) groups is 1. The topological polar surface area (TPSA) is 58.4 Å². The molecule has 4 nitrogen and oxygen atoms in total. The second-order valence-electron chi connectivity index (χ2n) is 4.05. The molecule has 0 bridgehead atoms. The maximum Gasteiger partial charge on any atom is 0.231 e. The van der Waals surface area contributed by atoms with Crippen LogP contribution in [0.4, 0.5) is 0 Å². The third kappa shape index (κ3) is 8.01. The maximum atomic E-state index is 10.8. The zero-order chi connectivity index (χ0) is 11.0. The lowest BCUT2D eigenvalue weighted by Crippen LogP contribution is -2.37. The first kappa shape index (κ1) is 13.4. The minimum absolute atomic E-state index is 0.241. The quantitative estimate of drug-likeness (QED) is 0.545. The van der Waals surface area contributed by atoms with E-state index in [0.29, 0.717) is 12.5 Å². The lowest BCUT2D eigenvalue weighted by Gasteiger charge is -2.22.